The van der Waals surface area contributed by atoms with E-state index >= 15 is 0 Å². The standard InChI is InChI=1S/C36H54O7/c1-23(28-15-16-29-27-14-13-26-11-7-9-19-34(26,4)30(27)17-20-35(28,29)5)31(39)18-21-36(6,43-32-12-8-10-22-40-32)33(41-24(2)37)42-25(3)38/h13,23,27-33,39H,7-12,14-17,19-20,22H2,1-6H3/t23-,27-,28+,29-,30-,31?,32?,34-,35+,36?/m0/s1. The number of carbonyl (C=O) groups is 2. The Morgan fingerprint density at radius 3 is 2.44 bits per heavy atom. The van der Waals surface area contributed by atoms with Gasteiger partial charge in [0, 0.05) is 20.5 Å². The second-order valence-electron chi connectivity index (χ2n) is 14.8. The summed E-state index contributed by atoms with van der Waals surface area (Å²) in [6, 6.07) is 0. The predicted molar refractivity (Wildman–Crippen MR) is 163 cm³/mol. The molecule has 1 N–H and O–H groups in total. The summed E-state index contributed by atoms with van der Waals surface area (Å²) in [6.07, 6.45) is 13.6. The van der Waals surface area contributed by atoms with E-state index in [-0.39, 0.29) is 11.3 Å². The van der Waals surface area contributed by atoms with Crippen molar-refractivity contribution in [3.05, 3.63) is 11.6 Å². The van der Waals surface area contributed by atoms with E-state index in [1.807, 2.05) is 0 Å². The summed E-state index contributed by atoms with van der Waals surface area (Å²) in [6.45, 7) is 11.9. The van der Waals surface area contributed by atoms with Crippen molar-refractivity contribution in [2.24, 2.45) is 40.4 Å². The molecular weight excluding hydrogens is 544 g/mol. The number of hydrogen-bond acceptors (Lipinski definition) is 7. The van der Waals surface area contributed by atoms with Crippen molar-refractivity contribution < 1.29 is 33.6 Å². The third-order valence-electron chi connectivity index (χ3n) is 12.2. The minimum Gasteiger partial charge on any atom is -0.421 e. The fourth-order valence-electron chi connectivity index (χ4n) is 9.94. The van der Waals surface area contributed by atoms with Crippen LogP contribution >= 0.6 is 0 Å². The smallest absolute Gasteiger partial charge is 0.305 e. The molecule has 43 heavy (non-hydrogen) atoms. The van der Waals surface area contributed by atoms with Crippen LogP contribution in [0.5, 0.6) is 0 Å². The van der Waals surface area contributed by atoms with Crippen LogP contribution in [-0.4, -0.2) is 47.9 Å². The molecule has 1 aliphatic heterocycles. The second kappa shape index (κ2) is 12.9. The number of carbonyl (C=O) groups excluding carboxylic acids is 2. The van der Waals surface area contributed by atoms with Gasteiger partial charge in [0.2, 0.25) is 5.60 Å². The van der Waals surface area contributed by atoms with Crippen LogP contribution in [0.15, 0.2) is 11.6 Å². The van der Waals surface area contributed by atoms with Gasteiger partial charge in [-0.25, -0.2) is 0 Å². The maximum absolute atomic E-state index is 12.0. The average molecular weight is 599 g/mol. The molecule has 10 atom stereocenters. The summed E-state index contributed by atoms with van der Waals surface area (Å²) in [4.78, 5) is 23.9. The van der Waals surface area contributed by atoms with Crippen molar-refractivity contribution in [3.63, 3.8) is 0 Å². The van der Waals surface area contributed by atoms with E-state index in [1.54, 1.807) is 12.5 Å². The molecule has 240 valence electrons. The lowest BCUT2D eigenvalue weighted by atomic mass is 9.47. The molecule has 0 aromatic heterocycles. The van der Waals surface area contributed by atoms with Crippen molar-refractivity contribution in [2.45, 2.75) is 143 Å². The number of hydrogen-bond donors (Lipinski definition) is 1. The number of fused-ring (bicyclic) bond motifs is 5. The van der Waals surface area contributed by atoms with Gasteiger partial charge in [0.1, 0.15) is 6.10 Å². The highest BCUT2D eigenvalue weighted by molar-refractivity contribution is 5.68. The Labute approximate surface area is 258 Å². The van der Waals surface area contributed by atoms with Gasteiger partial charge in [-0.15, -0.1) is 0 Å². The Kier molecular flexibility index (Phi) is 9.72. The highest BCUT2D eigenvalue weighted by Gasteiger charge is 2.59. The normalized spacial score (nSPS) is 38.1. The third-order valence-corrected chi connectivity index (χ3v) is 12.2. The summed E-state index contributed by atoms with van der Waals surface area (Å²) >= 11 is 0. The van der Waals surface area contributed by atoms with E-state index in [0.717, 1.165) is 31.1 Å². The zero-order chi connectivity index (χ0) is 31.0. The topological polar surface area (TPSA) is 91.3 Å². The van der Waals surface area contributed by atoms with Crippen molar-refractivity contribution in [2.75, 3.05) is 6.61 Å². The molecule has 0 amide bonds. The highest BCUT2D eigenvalue weighted by atomic mass is 16.8. The van der Waals surface area contributed by atoms with Crippen LogP contribution in [0.25, 0.3) is 0 Å². The van der Waals surface area contributed by atoms with Gasteiger partial charge in [-0.05, 0) is 118 Å². The van der Waals surface area contributed by atoms with E-state index < -0.39 is 36.2 Å². The molecule has 0 aromatic rings. The molecule has 5 aliphatic rings. The van der Waals surface area contributed by atoms with E-state index in [4.69, 9.17) is 18.9 Å². The van der Waals surface area contributed by atoms with Crippen LogP contribution in [-0.2, 0) is 28.5 Å². The van der Waals surface area contributed by atoms with E-state index in [0.29, 0.717) is 30.3 Å². The molecule has 1 saturated heterocycles. The molecule has 5 rings (SSSR count). The number of ether oxygens (including phenoxy) is 4. The zero-order valence-corrected chi connectivity index (χ0v) is 27.3. The van der Waals surface area contributed by atoms with Gasteiger partial charge >= 0.3 is 11.9 Å². The van der Waals surface area contributed by atoms with Gasteiger partial charge in [0.15, 0.2) is 6.29 Å². The first-order valence-corrected chi connectivity index (χ1v) is 16.9. The number of allylic oxidation sites excluding steroid dienone is 2. The van der Waals surface area contributed by atoms with Crippen LogP contribution in [0.1, 0.15) is 119 Å². The SMILES string of the molecule is CC(=O)OC(OC(C)=O)C(C)(C#CC(O)[C@@H](C)[C@H]1CC[C@H]2[C@@H]3CC=C4CCCC[C@]4(C)[C@H]3CC[C@]12C)OC1CCCCO1. The molecule has 3 saturated carbocycles. The van der Waals surface area contributed by atoms with Crippen LogP contribution in [0.4, 0.5) is 0 Å². The fraction of sp³-hybridized carbons (Fsp3) is 0.833. The van der Waals surface area contributed by atoms with Crippen LogP contribution < -0.4 is 0 Å². The van der Waals surface area contributed by atoms with Crippen LogP contribution in [0.3, 0.4) is 0 Å². The molecule has 4 fully saturated rings. The molecule has 7 nitrogen and oxygen atoms in total. The summed E-state index contributed by atoms with van der Waals surface area (Å²) in [5, 5.41) is 11.5. The first kappa shape index (κ1) is 32.5. The minimum absolute atomic E-state index is 0.0462. The van der Waals surface area contributed by atoms with Crippen LogP contribution in [0, 0.1) is 52.3 Å². The lowest BCUT2D eigenvalue weighted by molar-refractivity contribution is -0.270. The Morgan fingerprint density at radius 1 is 1.02 bits per heavy atom. The van der Waals surface area contributed by atoms with Crippen LogP contribution in [0.2, 0.25) is 0 Å². The van der Waals surface area contributed by atoms with Crippen molar-refractivity contribution >= 4 is 11.9 Å². The van der Waals surface area contributed by atoms with E-state index in [2.05, 4.69) is 38.7 Å². The van der Waals surface area contributed by atoms with Gasteiger partial charge in [-0.3, -0.25) is 9.59 Å². The summed E-state index contributed by atoms with van der Waals surface area (Å²) in [5.41, 5.74) is 0.779. The average Bonchev–Trinajstić information content (AvgIpc) is 3.32. The molecule has 0 radical (unpaired) electrons. The Morgan fingerprint density at radius 2 is 1.77 bits per heavy atom. The molecule has 4 aliphatic carbocycles. The quantitative estimate of drug-likeness (QED) is 0.151. The molecule has 0 bridgehead atoms. The van der Waals surface area contributed by atoms with Crippen molar-refractivity contribution in [1.29, 1.82) is 0 Å². The summed E-state index contributed by atoms with van der Waals surface area (Å²) in [7, 11) is 0. The van der Waals surface area contributed by atoms with Crippen molar-refractivity contribution in [1.82, 2.24) is 0 Å². The summed E-state index contributed by atoms with van der Waals surface area (Å²) in [5.74, 6) is 7.38. The lowest BCUT2D eigenvalue weighted by Crippen LogP contribution is -2.50. The molecule has 1 heterocycles. The molecule has 0 aromatic carbocycles. The molecule has 0 spiro atoms. The number of aliphatic hydroxyl groups excluding tert-OH is 1. The maximum atomic E-state index is 12.0. The maximum Gasteiger partial charge on any atom is 0.305 e. The highest BCUT2D eigenvalue weighted by Crippen LogP contribution is 2.67. The number of rotatable bonds is 7. The van der Waals surface area contributed by atoms with Gasteiger partial charge in [-0.2, -0.15) is 0 Å². The first-order valence-electron chi connectivity index (χ1n) is 16.9. The van der Waals surface area contributed by atoms with E-state index in [1.165, 1.54) is 65.2 Å². The monoisotopic (exact) mass is 598 g/mol. The first-order chi connectivity index (χ1) is 20.4. The zero-order valence-electron chi connectivity index (χ0n) is 27.3. The predicted octanol–water partition coefficient (Wildman–Crippen LogP) is 6.71. The molecule has 3 unspecified atom stereocenters. The van der Waals surface area contributed by atoms with E-state index in [9.17, 15) is 14.7 Å². The third kappa shape index (κ3) is 6.44. The molecular formula is C36H54O7. The Balaban J connectivity index is 1.35. The minimum atomic E-state index is -1.51. The molecule has 7 heteroatoms. The lowest BCUT2D eigenvalue weighted by Gasteiger charge is -2.58. The number of esters is 2. The van der Waals surface area contributed by atoms with Gasteiger partial charge in [-0.1, -0.05) is 50.7 Å². The van der Waals surface area contributed by atoms with Gasteiger partial charge in [0.05, 0.1) is 0 Å². The Bertz CT molecular complexity index is 1110. The Hall–Kier alpha value is -1.88. The van der Waals surface area contributed by atoms with Gasteiger partial charge < -0.3 is 24.1 Å². The number of aliphatic hydroxyl groups is 1. The fourth-order valence-corrected chi connectivity index (χ4v) is 9.94. The largest absolute Gasteiger partial charge is 0.421 e. The second-order valence-corrected chi connectivity index (χ2v) is 14.8. The summed E-state index contributed by atoms with van der Waals surface area (Å²) < 4.78 is 22.8. The van der Waals surface area contributed by atoms with Crippen molar-refractivity contribution in [3.8, 4) is 11.8 Å². The van der Waals surface area contributed by atoms with Gasteiger partial charge in [0.25, 0.3) is 6.29 Å².